The van der Waals surface area contributed by atoms with Crippen LogP contribution in [0.4, 0.5) is 0 Å². The summed E-state index contributed by atoms with van der Waals surface area (Å²) in [5, 5.41) is 9.66. The van der Waals surface area contributed by atoms with Crippen molar-refractivity contribution in [1.82, 2.24) is 0 Å². The molecular weight excluding hydrogens is 228 g/mol. The molecule has 0 heterocycles. The van der Waals surface area contributed by atoms with Crippen molar-refractivity contribution in [2.45, 2.75) is 12.3 Å². The van der Waals surface area contributed by atoms with E-state index in [9.17, 15) is 0 Å². The van der Waals surface area contributed by atoms with Crippen molar-refractivity contribution in [3.63, 3.8) is 0 Å². The molecule has 1 aromatic rings. The molecule has 2 rings (SSSR count). The van der Waals surface area contributed by atoms with Crippen molar-refractivity contribution in [3.8, 4) is 11.5 Å². The third-order valence-electron chi connectivity index (χ3n) is 3.07. The number of benzene rings is 1. The number of aliphatic hydroxyl groups is 1. The fraction of sp³-hybridized carbons (Fsp3) is 0.500. The lowest BCUT2D eigenvalue weighted by Crippen LogP contribution is -1.95. The van der Waals surface area contributed by atoms with Crippen LogP contribution in [0.2, 0.25) is 5.02 Å². The first-order valence-corrected chi connectivity index (χ1v) is 5.62. The van der Waals surface area contributed by atoms with Crippen molar-refractivity contribution in [1.29, 1.82) is 0 Å². The Balaban J connectivity index is 2.34. The molecule has 0 bridgehead atoms. The maximum absolute atomic E-state index is 9.06. The smallest absolute Gasteiger partial charge is 0.179 e. The lowest BCUT2D eigenvalue weighted by molar-refractivity contribution is 0.274. The Morgan fingerprint density at radius 3 is 2.62 bits per heavy atom. The number of hydrogen-bond acceptors (Lipinski definition) is 3. The van der Waals surface area contributed by atoms with Crippen LogP contribution in [0.3, 0.4) is 0 Å². The molecular formula is C12H15ClO3. The standard InChI is InChI=1S/C12H15ClO3/c1-15-10-4-3-8(9-5-7(9)6-14)11(13)12(10)16-2/h3-4,7,9,14H,5-6H2,1-2H3. The minimum atomic E-state index is 0.218. The van der Waals surface area contributed by atoms with Crippen LogP contribution < -0.4 is 9.47 Å². The number of halogens is 1. The van der Waals surface area contributed by atoms with Crippen LogP contribution >= 0.6 is 11.6 Å². The van der Waals surface area contributed by atoms with E-state index >= 15 is 0 Å². The minimum Gasteiger partial charge on any atom is -0.493 e. The summed E-state index contributed by atoms with van der Waals surface area (Å²) in [4.78, 5) is 0. The highest BCUT2D eigenvalue weighted by molar-refractivity contribution is 6.33. The zero-order valence-corrected chi connectivity index (χ0v) is 10.1. The Morgan fingerprint density at radius 1 is 1.38 bits per heavy atom. The van der Waals surface area contributed by atoms with E-state index in [1.165, 1.54) is 0 Å². The van der Waals surface area contributed by atoms with E-state index in [1.54, 1.807) is 14.2 Å². The molecule has 1 aromatic carbocycles. The van der Waals surface area contributed by atoms with Crippen LogP contribution in [-0.4, -0.2) is 25.9 Å². The predicted molar refractivity (Wildman–Crippen MR) is 62.5 cm³/mol. The summed E-state index contributed by atoms with van der Waals surface area (Å²) >= 11 is 6.26. The van der Waals surface area contributed by atoms with E-state index in [2.05, 4.69) is 0 Å². The van der Waals surface area contributed by atoms with Crippen molar-refractivity contribution in [3.05, 3.63) is 22.7 Å². The van der Waals surface area contributed by atoms with Gasteiger partial charge in [0.2, 0.25) is 0 Å². The summed E-state index contributed by atoms with van der Waals surface area (Å²) in [7, 11) is 3.16. The Kier molecular flexibility index (Phi) is 3.26. The Labute approximate surface area is 99.9 Å². The van der Waals surface area contributed by atoms with E-state index in [1.807, 2.05) is 12.1 Å². The average Bonchev–Trinajstić information content (AvgIpc) is 3.07. The molecule has 88 valence electrons. The van der Waals surface area contributed by atoms with Crippen molar-refractivity contribution in [2.24, 2.45) is 5.92 Å². The topological polar surface area (TPSA) is 38.7 Å². The van der Waals surface area contributed by atoms with Gasteiger partial charge in [-0.15, -0.1) is 0 Å². The average molecular weight is 243 g/mol. The molecule has 0 aromatic heterocycles. The molecule has 0 amide bonds. The first-order chi connectivity index (χ1) is 7.72. The normalized spacial score (nSPS) is 23.0. The third kappa shape index (κ3) is 1.85. The van der Waals surface area contributed by atoms with Crippen molar-refractivity contribution in [2.75, 3.05) is 20.8 Å². The number of hydrogen-bond donors (Lipinski definition) is 1. The Bertz CT molecular complexity index is 392. The molecule has 2 unspecified atom stereocenters. The van der Waals surface area contributed by atoms with Gasteiger partial charge in [0, 0.05) is 6.61 Å². The molecule has 1 fully saturated rings. The van der Waals surface area contributed by atoms with E-state index < -0.39 is 0 Å². The van der Waals surface area contributed by atoms with Gasteiger partial charge in [-0.3, -0.25) is 0 Å². The number of aliphatic hydroxyl groups excluding tert-OH is 1. The zero-order valence-electron chi connectivity index (χ0n) is 9.37. The van der Waals surface area contributed by atoms with Gasteiger partial charge in [0.15, 0.2) is 11.5 Å². The largest absolute Gasteiger partial charge is 0.493 e. The quantitative estimate of drug-likeness (QED) is 0.882. The fourth-order valence-electron chi connectivity index (χ4n) is 2.02. The second-order valence-electron chi connectivity index (χ2n) is 3.99. The minimum absolute atomic E-state index is 0.218. The van der Waals surface area contributed by atoms with Gasteiger partial charge >= 0.3 is 0 Å². The van der Waals surface area contributed by atoms with Crippen molar-refractivity contribution < 1.29 is 14.6 Å². The second kappa shape index (κ2) is 4.52. The zero-order chi connectivity index (χ0) is 11.7. The molecule has 2 atom stereocenters. The lowest BCUT2D eigenvalue weighted by atomic mass is 10.1. The second-order valence-corrected chi connectivity index (χ2v) is 4.37. The maximum Gasteiger partial charge on any atom is 0.179 e. The van der Waals surface area contributed by atoms with E-state index in [0.29, 0.717) is 28.4 Å². The van der Waals surface area contributed by atoms with Crippen LogP contribution in [0.15, 0.2) is 12.1 Å². The van der Waals surface area contributed by atoms with Gasteiger partial charge in [-0.1, -0.05) is 17.7 Å². The first kappa shape index (κ1) is 11.6. The highest BCUT2D eigenvalue weighted by Gasteiger charge is 2.39. The van der Waals surface area contributed by atoms with Gasteiger partial charge in [0.05, 0.1) is 19.2 Å². The van der Waals surface area contributed by atoms with E-state index in [4.69, 9.17) is 26.2 Å². The molecule has 0 saturated heterocycles. The number of methoxy groups -OCH3 is 2. The summed E-state index contributed by atoms with van der Waals surface area (Å²) in [6.45, 7) is 0.218. The van der Waals surface area contributed by atoms with Gasteiger partial charge < -0.3 is 14.6 Å². The first-order valence-electron chi connectivity index (χ1n) is 5.24. The van der Waals surface area contributed by atoms with E-state index in [-0.39, 0.29) is 6.61 Å². The highest BCUT2D eigenvalue weighted by atomic mass is 35.5. The molecule has 1 aliphatic carbocycles. The van der Waals surface area contributed by atoms with Gasteiger partial charge in [0.25, 0.3) is 0 Å². The van der Waals surface area contributed by atoms with Crippen LogP contribution in [0.1, 0.15) is 17.9 Å². The summed E-state index contributed by atoms with van der Waals surface area (Å²) in [6, 6.07) is 3.80. The Morgan fingerprint density at radius 2 is 2.12 bits per heavy atom. The summed E-state index contributed by atoms with van der Waals surface area (Å²) < 4.78 is 10.4. The molecule has 1 N–H and O–H groups in total. The molecule has 1 aliphatic rings. The maximum atomic E-state index is 9.06. The molecule has 4 heteroatoms. The summed E-state index contributed by atoms with van der Waals surface area (Å²) in [5.41, 5.74) is 1.04. The van der Waals surface area contributed by atoms with Gasteiger partial charge in [-0.2, -0.15) is 0 Å². The molecule has 1 saturated carbocycles. The number of ether oxygens (including phenoxy) is 2. The molecule has 0 aliphatic heterocycles. The molecule has 0 spiro atoms. The summed E-state index contributed by atoms with van der Waals surface area (Å²) in [5.74, 6) is 1.91. The van der Waals surface area contributed by atoms with Crippen LogP contribution in [0.25, 0.3) is 0 Å². The molecule has 16 heavy (non-hydrogen) atoms. The van der Waals surface area contributed by atoms with E-state index in [0.717, 1.165) is 12.0 Å². The van der Waals surface area contributed by atoms with Crippen LogP contribution in [0.5, 0.6) is 11.5 Å². The van der Waals surface area contributed by atoms with Crippen LogP contribution in [0, 0.1) is 5.92 Å². The molecule has 0 radical (unpaired) electrons. The third-order valence-corrected chi connectivity index (χ3v) is 3.46. The molecule has 3 nitrogen and oxygen atoms in total. The fourth-order valence-corrected chi connectivity index (χ4v) is 2.39. The van der Waals surface area contributed by atoms with Gasteiger partial charge in [0.1, 0.15) is 0 Å². The summed E-state index contributed by atoms with van der Waals surface area (Å²) in [6.07, 6.45) is 0.992. The van der Waals surface area contributed by atoms with Crippen LogP contribution in [-0.2, 0) is 0 Å². The highest BCUT2D eigenvalue weighted by Crippen LogP contribution is 2.52. The predicted octanol–water partition coefficient (Wildman–Crippen LogP) is 2.45. The SMILES string of the molecule is COc1ccc(C2CC2CO)c(Cl)c1OC. The number of rotatable bonds is 4. The monoisotopic (exact) mass is 242 g/mol. The van der Waals surface area contributed by atoms with Gasteiger partial charge in [-0.25, -0.2) is 0 Å². The van der Waals surface area contributed by atoms with Crippen molar-refractivity contribution >= 4 is 11.6 Å². The Hall–Kier alpha value is -0.930. The lowest BCUT2D eigenvalue weighted by Gasteiger charge is -2.12. The van der Waals surface area contributed by atoms with Gasteiger partial charge in [-0.05, 0) is 29.9 Å².